The van der Waals surface area contributed by atoms with Gasteiger partial charge in [-0.05, 0) is 70.3 Å². The van der Waals surface area contributed by atoms with Crippen LogP contribution in [0.2, 0.25) is 0 Å². The quantitative estimate of drug-likeness (QED) is 0.891. The van der Waals surface area contributed by atoms with Crippen molar-refractivity contribution in [3.63, 3.8) is 0 Å². The van der Waals surface area contributed by atoms with E-state index in [0.717, 1.165) is 19.4 Å². The second-order valence-electron chi connectivity index (χ2n) is 6.75. The first-order chi connectivity index (χ1) is 9.33. The van der Waals surface area contributed by atoms with Crippen LogP contribution in [-0.4, -0.2) is 16.7 Å². The van der Waals surface area contributed by atoms with E-state index in [-0.39, 0.29) is 5.54 Å². The van der Waals surface area contributed by atoms with Gasteiger partial charge < -0.3 is 9.88 Å². The second kappa shape index (κ2) is 5.61. The molecule has 1 N–H and O–H groups in total. The maximum atomic E-state index is 3.59. The van der Waals surface area contributed by atoms with Gasteiger partial charge in [-0.15, -0.1) is 0 Å². The molecule has 0 aliphatic heterocycles. The SMILES string of the molecule is CCc1ccc2c(c1)c(CCNC(C)(C)C)c(C)n2C. The van der Waals surface area contributed by atoms with E-state index in [1.807, 2.05) is 0 Å². The third kappa shape index (κ3) is 3.06. The number of aryl methyl sites for hydroxylation is 2. The molecule has 0 amide bonds. The molecule has 0 unspecified atom stereocenters. The number of hydrogen-bond acceptors (Lipinski definition) is 1. The fourth-order valence-electron chi connectivity index (χ4n) is 2.79. The summed E-state index contributed by atoms with van der Waals surface area (Å²) in [5, 5.41) is 5.02. The average molecular weight is 272 g/mol. The Hall–Kier alpha value is -1.28. The van der Waals surface area contributed by atoms with Gasteiger partial charge in [0.2, 0.25) is 0 Å². The van der Waals surface area contributed by atoms with Crippen LogP contribution in [0.1, 0.15) is 44.5 Å². The minimum atomic E-state index is 0.188. The minimum Gasteiger partial charge on any atom is -0.348 e. The van der Waals surface area contributed by atoms with Crippen LogP contribution in [0.25, 0.3) is 10.9 Å². The molecule has 0 saturated heterocycles. The van der Waals surface area contributed by atoms with Crippen molar-refractivity contribution in [2.24, 2.45) is 7.05 Å². The number of fused-ring (bicyclic) bond motifs is 1. The Morgan fingerprint density at radius 2 is 1.90 bits per heavy atom. The molecule has 0 aliphatic carbocycles. The molecule has 0 radical (unpaired) electrons. The Labute approximate surface area is 123 Å². The van der Waals surface area contributed by atoms with Gasteiger partial charge >= 0.3 is 0 Å². The maximum Gasteiger partial charge on any atom is 0.0482 e. The van der Waals surface area contributed by atoms with Gasteiger partial charge in [0.1, 0.15) is 0 Å². The summed E-state index contributed by atoms with van der Waals surface area (Å²) in [6.07, 6.45) is 2.19. The summed E-state index contributed by atoms with van der Waals surface area (Å²) < 4.78 is 2.32. The molecule has 2 nitrogen and oxygen atoms in total. The fourth-order valence-corrected chi connectivity index (χ4v) is 2.79. The summed E-state index contributed by atoms with van der Waals surface area (Å²) in [5.41, 5.74) is 5.85. The van der Waals surface area contributed by atoms with E-state index in [1.165, 1.54) is 27.7 Å². The van der Waals surface area contributed by atoms with Crippen molar-refractivity contribution in [1.82, 2.24) is 9.88 Å². The predicted octanol–water partition coefficient (Wildman–Crippen LogP) is 3.98. The van der Waals surface area contributed by atoms with Crippen molar-refractivity contribution in [3.8, 4) is 0 Å². The highest BCUT2D eigenvalue weighted by Crippen LogP contribution is 2.26. The molecule has 20 heavy (non-hydrogen) atoms. The molecule has 0 spiro atoms. The molecular weight excluding hydrogens is 244 g/mol. The molecule has 2 heteroatoms. The highest BCUT2D eigenvalue weighted by Gasteiger charge is 2.13. The van der Waals surface area contributed by atoms with Crippen molar-refractivity contribution < 1.29 is 0 Å². The summed E-state index contributed by atoms with van der Waals surface area (Å²) >= 11 is 0. The summed E-state index contributed by atoms with van der Waals surface area (Å²) in [4.78, 5) is 0. The lowest BCUT2D eigenvalue weighted by Crippen LogP contribution is -2.37. The van der Waals surface area contributed by atoms with Gasteiger partial charge in [-0.25, -0.2) is 0 Å². The van der Waals surface area contributed by atoms with E-state index in [9.17, 15) is 0 Å². The Kier molecular flexibility index (Phi) is 4.24. The highest BCUT2D eigenvalue weighted by molar-refractivity contribution is 5.86. The molecule has 1 aromatic heterocycles. The molecule has 0 saturated carbocycles. The van der Waals surface area contributed by atoms with Crippen molar-refractivity contribution in [3.05, 3.63) is 35.0 Å². The van der Waals surface area contributed by atoms with E-state index in [2.05, 4.69) is 69.7 Å². The first-order valence-corrected chi connectivity index (χ1v) is 7.65. The number of hydrogen-bond donors (Lipinski definition) is 1. The van der Waals surface area contributed by atoms with Crippen LogP contribution in [0.5, 0.6) is 0 Å². The van der Waals surface area contributed by atoms with Gasteiger partial charge in [0.15, 0.2) is 0 Å². The van der Waals surface area contributed by atoms with Crippen molar-refractivity contribution >= 4 is 10.9 Å². The van der Waals surface area contributed by atoms with Crippen molar-refractivity contribution in [1.29, 1.82) is 0 Å². The largest absolute Gasteiger partial charge is 0.348 e. The molecule has 2 aromatic rings. The van der Waals surface area contributed by atoms with Gasteiger partial charge in [-0.3, -0.25) is 0 Å². The van der Waals surface area contributed by atoms with E-state index in [1.54, 1.807) is 0 Å². The zero-order valence-electron chi connectivity index (χ0n) is 13.8. The monoisotopic (exact) mass is 272 g/mol. The molecule has 0 bridgehead atoms. The number of nitrogens with one attached hydrogen (secondary N) is 1. The minimum absolute atomic E-state index is 0.188. The van der Waals surface area contributed by atoms with Crippen molar-refractivity contribution in [2.45, 2.75) is 53.0 Å². The summed E-state index contributed by atoms with van der Waals surface area (Å²) in [6, 6.07) is 6.88. The third-order valence-electron chi connectivity index (χ3n) is 4.13. The van der Waals surface area contributed by atoms with Crippen LogP contribution in [0, 0.1) is 6.92 Å². The Morgan fingerprint density at radius 3 is 2.50 bits per heavy atom. The number of nitrogens with zero attached hydrogens (tertiary/aromatic N) is 1. The molecular formula is C18H28N2. The Morgan fingerprint density at radius 1 is 1.20 bits per heavy atom. The van der Waals surface area contributed by atoms with E-state index in [0.29, 0.717) is 0 Å². The summed E-state index contributed by atoms with van der Waals surface area (Å²) in [6.45, 7) is 12.1. The molecule has 0 fully saturated rings. The molecule has 110 valence electrons. The zero-order valence-corrected chi connectivity index (χ0v) is 13.8. The van der Waals surface area contributed by atoms with Gasteiger partial charge in [-0.2, -0.15) is 0 Å². The predicted molar refractivity (Wildman–Crippen MR) is 88.5 cm³/mol. The number of rotatable bonds is 4. The zero-order chi connectivity index (χ0) is 14.9. The molecule has 1 heterocycles. The molecule has 2 rings (SSSR count). The van der Waals surface area contributed by atoms with Gasteiger partial charge in [0.05, 0.1) is 0 Å². The fraction of sp³-hybridized carbons (Fsp3) is 0.556. The van der Waals surface area contributed by atoms with Crippen LogP contribution in [-0.2, 0) is 19.9 Å². The molecule has 1 aromatic carbocycles. The third-order valence-corrected chi connectivity index (χ3v) is 4.13. The summed E-state index contributed by atoms with van der Waals surface area (Å²) in [5.74, 6) is 0. The summed E-state index contributed by atoms with van der Waals surface area (Å²) in [7, 11) is 2.17. The highest BCUT2D eigenvalue weighted by atomic mass is 15.0. The average Bonchev–Trinajstić information content (AvgIpc) is 2.62. The smallest absolute Gasteiger partial charge is 0.0482 e. The van der Waals surface area contributed by atoms with E-state index < -0.39 is 0 Å². The van der Waals surface area contributed by atoms with Gasteiger partial charge in [0, 0.05) is 29.2 Å². The van der Waals surface area contributed by atoms with E-state index in [4.69, 9.17) is 0 Å². The lowest BCUT2D eigenvalue weighted by molar-refractivity contribution is 0.429. The van der Waals surface area contributed by atoms with Crippen molar-refractivity contribution in [2.75, 3.05) is 6.54 Å². The Balaban J connectivity index is 2.33. The van der Waals surface area contributed by atoms with Crippen LogP contribution in [0.4, 0.5) is 0 Å². The first kappa shape index (κ1) is 15.1. The lowest BCUT2D eigenvalue weighted by Gasteiger charge is -2.20. The van der Waals surface area contributed by atoms with E-state index >= 15 is 0 Å². The lowest BCUT2D eigenvalue weighted by atomic mass is 10.0. The molecule has 0 aliphatic rings. The standard InChI is InChI=1S/C18H28N2/c1-7-14-8-9-17-16(12-14)15(13(2)20(17)6)10-11-19-18(3,4)5/h8-9,12,19H,7,10-11H2,1-6H3. The van der Waals surface area contributed by atoms with Crippen LogP contribution in [0.3, 0.4) is 0 Å². The first-order valence-electron chi connectivity index (χ1n) is 7.65. The van der Waals surface area contributed by atoms with Gasteiger partial charge in [-0.1, -0.05) is 13.0 Å². The van der Waals surface area contributed by atoms with Crippen LogP contribution >= 0.6 is 0 Å². The Bertz CT molecular complexity index is 600. The maximum absolute atomic E-state index is 3.59. The van der Waals surface area contributed by atoms with Gasteiger partial charge in [0.25, 0.3) is 0 Å². The van der Waals surface area contributed by atoms with Crippen LogP contribution < -0.4 is 5.32 Å². The second-order valence-corrected chi connectivity index (χ2v) is 6.75. The number of benzene rings is 1. The molecule has 0 atom stereocenters. The number of aromatic nitrogens is 1. The van der Waals surface area contributed by atoms with Crippen LogP contribution in [0.15, 0.2) is 18.2 Å². The topological polar surface area (TPSA) is 17.0 Å². The normalized spacial score (nSPS) is 12.3.